The van der Waals surface area contributed by atoms with Crippen molar-refractivity contribution in [3.8, 4) is 0 Å². The number of hydrogen-bond acceptors (Lipinski definition) is 1. The fraction of sp³-hybridized carbons (Fsp3) is 1.00. The molecule has 0 N–H and O–H groups in total. The normalized spacial score (nSPS) is 32.5. The Kier molecular flexibility index (Phi) is 3.26. The van der Waals surface area contributed by atoms with E-state index in [1.165, 1.54) is 58.0 Å². The molecular weight excluding hydrogens is 158 g/mol. The van der Waals surface area contributed by atoms with Gasteiger partial charge in [-0.3, -0.25) is 0 Å². The highest BCUT2D eigenvalue weighted by Gasteiger charge is 2.26. The molecule has 1 heterocycles. The van der Waals surface area contributed by atoms with Gasteiger partial charge in [0.25, 0.3) is 0 Å². The minimum atomic E-state index is 0.967. The summed E-state index contributed by atoms with van der Waals surface area (Å²) in [6.07, 6.45) is 10.3. The topological polar surface area (TPSA) is 3.24 Å². The lowest BCUT2D eigenvalue weighted by Crippen LogP contribution is -2.41. The molecule has 76 valence electrons. The van der Waals surface area contributed by atoms with Gasteiger partial charge in [0.15, 0.2) is 0 Å². The molecule has 1 nitrogen and oxygen atoms in total. The van der Waals surface area contributed by atoms with Gasteiger partial charge < -0.3 is 4.90 Å². The Morgan fingerprint density at radius 3 is 2.54 bits per heavy atom. The predicted molar refractivity (Wildman–Crippen MR) is 56.8 cm³/mol. The van der Waals surface area contributed by atoms with Gasteiger partial charge in [-0.2, -0.15) is 0 Å². The van der Waals surface area contributed by atoms with Crippen LogP contribution in [0.3, 0.4) is 0 Å². The first kappa shape index (κ1) is 9.51. The van der Waals surface area contributed by atoms with Gasteiger partial charge in [0.05, 0.1) is 0 Å². The molecule has 0 aromatic rings. The molecule has 2 aliphatic rings. The Morgan fingerprint density at radius 2 is 1.85 bits per heavy atom. The molecule has 0 bridgehead atoms. The van der Waals surface area contributed by atoms with E-state index in [-0.39, 0.29) is 0 Å². The SMILES string of the molecule is CCC1CCCN(C2CCCC2)C1. The second-order valence-corrected chi connectivity index (χ2v) is 4.85. The summed E-state index contributed by atoms with van der Waals surface area (Å²) in [5.74, 6) is 1.01. The summed E-state index contributed by atoms with van der Waals surface area (Å²) in [5, 5.41) is 0. The second kappa shape index (κ2) is 4.45. The van der Waals surface area contributed by atoms with Crippen molar-refractivity contribution < 1.29 is 0 Å². The van der Waals surface area contributed by atoms with Gasteiger partial charge in [-0.25, -0.2) is 0 Å². The molecule has 0 aromatic heterocycles. The summed E-state index contributed by atoms with van der Waals surface area (Å²) in [7, 11) is 0. The summed E-state index contributed by atoms with van der Waals surface area (Å²) in [6, 6.07) is 0.967. The van der Waals surface area contributed by atoms with Crippen molar-refractivity contribution in [2.24, 2.45) is 5.92 Å². The minimum Gasteiger partial charge on any atom is -0.300 e. The summed E-state index contributed by atoms with van der Waals surface area (Å²) in [6.45, 7) is 5.14. The van der Waals surface area contributed by atoms with Crippen LogP contribution in [0.1, 0.15) is 51.9 Å². The quantitative estimate of drug-likeness (QED) is 0.633. The van der Waals surface area contributed by atoms with Crippen LogP contribution in [0.4, 0.5) is 0 Å². The van der Waals surface area contributed by atoms with E-state index in [0.717, 1.165) is 12.0 Å². The van der Waals surface area contributed by atoms with Crippen LogP contribution in [0.25, 0.3) is 0 Å². The van der Waals surface area contributed by atoms with Crippen molar-refractivity contribution in [2.45, 2.75) is 57.9 Å². The zero-order valence-corrected chi connectivity index (χ0v) is 8.97. The van der Waals surface area contributed by atoms with Crippen molar-refractivity contribution in [3.05, 3.63) is 0 Å². The minimum absolute atomic E-state index is 0.967. The zero-order valence-electron chi connectivity index (χ0n) is 8.97. The molecule has 13 heavy (non-hydrogen) atoms. The van der Waals surface area contributed by atoms with Crippen molar-refractivity contribution in [2.75, 3.05) is 13.1 Å². The van der Waals surface area contributed by atoms with E-state index in [0.29, 0.717) is 0 Å². The largest absolute Gasteiger partial charge is 0.300 e. The number of likely N-dealkylation sites (tertiary alicyclic amines) is 1. The van der Waals surface area contributed by atoms with Crippen LogP contribution >= 0.6 is 0 Å². The van der Waals surface area contributed by atoms with Crippen LogP contribution in [0, 0.1) is 5.92 Å². The Bertz CT molecular complexity index is 149. The monoisotopic (exact) mass is 181 g/mol. The molecule has 0 radical (unpaired) electrons. The van der Waals surface area contributed by atoms with E-state index in [4.69, 9.17) is 0 Å². The van der Waals surface area contributed by atoms with Crippen LogP contribution in [-0.4, -0.2) is 24.0 Å². The summed E-state index contributed by atoms with van der Waals surface area (Å²) in [4.78, 5) is 2.78. The third-order valence-electron chi connectivity index (χ3n) is 3.97. The highest BCUT2D eigenvalue weighted by Crippen LogP contribution is 2.28. The maximum atomic E-state index is 2.78. The first-order valence-electron chi connectivity index (χ1n) is 6.14. The standard InChI is InChI=1S/C12H23N/c1-2-11-6-5-9-13(10-11)12-7-3-4-8-12/h11-12H,2-10H2,1H3. The lowest BCUT2D eigenvalue weighted by atomic mass is 9.94. The lowest BCUT2D eigenvalue weighted by Gasteiger charge is -2.36. The molecule has 0 spiro atoms. The number of nitrogens with zero attached hydrogens (tertiary/aromatic N) is 1. The highest BCUT2D eigenvalue weighted by molar-refractivity contribution is 4.81. The van der Waals surface area contributed by atoms with Crippen molar-refractivity contribution in [1.29, 1.82) is 0 Å². The maximum absolute atomic E-state index is 2.78. The fourth-order valence-corrected chi connectivity index (χ4v) is 3.03. The fourth-order valence-electron chi connectivity index (χ4n) is 3.03. The third kappa shape index (κ3) is 2.25. The van der Waals surface area contributed by atoms with Crippen molar-refractivity contribution in [1.82, 2.24) is 4.90 Å². The van der Waals surface area contributed by atoms with Crippen LogP contribution in [0.5, 0.6) is 0 Å². The van der Waals surface area contributed by atoms with Crippen LogP contribution in [0.15, 0.2) is 0 Å². The van der Waals surface area contributed by atoms with Gasteiger partial charge in [0.1, 0.15) is 0 Å². The van der Waals surface area contributed by atoms with Crippen molar-refractivity contribution in [3.63, 3.8) is 0 Å². The Balaban J connectivity index is 1.84. The molecular formula is C12H23N. The summed E-state index contributed by atoms with van der Waals surface area (Å²) in [5.41, 5.74) is 0. The molecule has 1 atom stereocenters. The average Bonchev–Trinajstić information content (AvgIpc) is 2.71. The van der Waals surface area contributed by atoms with Gasteiger partial charge in [-0.1, -0.05) is 26.2 Å². The van der Waals surface area contributed by atoms with Crippen LogP contribution < -0.4 is 0 Å². The maximum Gasteiger partial charge on any atom is 0.00953 e. The van der Waals surface area contributed by atoms with E-state index in [1.54, 1.807) is 0 Å². The lowest BCUT2D eigenvalue weighted by molar-refractivity contribution is 0.123. The first-order chi connectivity index (χ1) is 6.40. The van der Waals surface area contributed by atoms with Gasteiger partial charge in [-0.05, 0) is 38.1 Å². The molecule has 1 saturated carbocycles. The average molecular weight is 181 g/mol. The molecule has 2 fully saturated rings. The molecule has 2 rings (SSSR count). The van der Waals surface area contributed by atoms with E-state index in [1.807, 2.05) is 0 Å². The molecule has 1 unspecified atom stereocenters. The number of piperidine rings is 1. The molecule has 1 saturated heterocycles. The van der Waals surface area contributed by atoms with E-state index < -0.39 is 0 Å². The molecule has 1 aliphatic heterocycles. The third-order valence-corrected chi connectivity index (χ3v) is 3.97. The van der Waals surface area contributed by atoms with Gasteiger partial charge in [-0.15, -0.1) is 0 Å². The molecule has 0 aromatic carbocycles. The van der Waals surface area contributed by atoms with Gasteiger partial charge in [0, 0.05) is 12.6 Å². The number of hydrogen-bond donors (Lipinski definition) is 0. The Morgan fingerprint density at radius 1 is 1.08 bits per heavy atom. The van der Waals surface area contributed by atoms with Crippen LogP contribution in [0.2, 0.25) is 0 Å². The zero-order chi connectivity index (χ0) is 9.10. The smallest absolute Gasteiger partial charge is 0.00953 e. The second-order valence-electron chi connectivity index (χ2n) is 4.85. The van der Waals surface area contributed by atoms with Crippen molar-refractivity contribution >= 4 is 0 Å². The number of rotatable bonds is 2. The highest BCUT2D eigenvalue weighted by atomic mass is 15.2. The first-order valence-corrected chi connectivity index (χ1v) is 6.14. The van der Waals surface area contributed by atoms with E-state index in [2.05, 4.69) is 11.8 Å². The van der Waals surface area contributed by atoms with Crippen LogP contribution in [-0.2, 0) is 0 Å². The van der Waals surface area contributed by atoms with E-state index in [9.17, 15) is 0 Å². The molecule has 1 aliphatic carbocycles. The van der Waals surface area contributed by atoms with Gasteiger partial charge in [0.2, 0.25) is 0 Å². The Labute approximate surface area is 82.5 Å². The predicted octanol–water partition coefficient (Wildman–Crippen LogP) is 3.05. The summed E-state index contributed by atoms with van der Waals surface area (Å²) >= 11 is 0. The summed E-state index contributed by atoms with van der Waals surface area (Å²) < 4.78 is 0. The van der Waals surface area contributed by atoms with Gasteiger partial charge >= 0.3 is 0 Å². The molecule has 0 amide bonds. The molecule has 1 heteroatoms. The Hall–Kier alpha value is -0.0400. The van der Waals surface area contributed by atoms with E-state index >= 15 is 0 Å².